The van der Waals surface area contributed by atoms with Crippen molar-refractivity contribution in [2.24, 2.45) is 7.05 Å². The van der Waals surface area contributed by atoms with Gasteiger partial charge < -0.3 is 9.84 Å². The predicted molar refractivity (Wildman–Crippen MR) is 77.3 cm³/mol. The average Bonchev–Trinajstić information content (AvgIpc) is 2.65. The van der Waals surface area contributed by atoms with Crippen LogP contribution in [0.2, 0.25) is 0 Å². The van der Waals surface area contributed by atoms with E-state index in [4.69, 9.17) is 4.74 Å². The molecule has 19 heavy (non-hydrogen) atoms. The van der Waals surface area contributed by atoms with Gasteiger partial charge in [0, 0.05) is 13.5 Å². The van der Waals surface area contributed by atoms with Gasteiger partial charge in [-0.05, 0) is 40.5 Å². The van der Waals surface area contributed by atoms with Crippen molar-refractivity contribution in [2.75, 3.05) is 7.11 Å². The van der Waals surface area contributed by atoms with E-state index < -0.39 is 6.10 Å². The molecule has 4 nitrogen and oxygen atoms in total. The quantitative estimate of drug-likeness (QED) is 0.940. The first kappa shape index (κ1) is 14.1. The van der Waals surface area contributed by atoms with Crippen molar-refractivity contribution in [1.82, 2.24) is 9.78 Å². The Bertz CT molecular complexity index is 564. The van der Waals surface area contributed by atoms with Crippen molar-refractivity contribution in [3.8, 4) is 5.75 Å². The van der Waals surface area contributed by atoms with Gasteiger partial charge in [0.1, 0.15) is 5.75 Å². The molecule has 0 aliphatic rings. The zero-order chi connectivity index (χ0) is 14.0. The second-order valence-corrected chi connectivity index (χ2v) is 5.26. The zero-order valence-electron chi connectivity index (χ0n) is 11.2. The van der Waals surface area contributed by atoms with Crippen LogP contribution in [0.1, 0.15) is 23.1 Å². The SMILES string of the molecule is COc1ccc(C(O)Cc2c(Br)c(C)nn2C)cc1. The Balaban J connectivity index is 2.17. The molecule has 2 rings (SSSR count). The average molecular weight is 325 g/mol. The van der Waals surface area contributed by atoms with E-state index in [0.29, 0.717) is 6.42 Å². The Morgan fingerprint density at radius 1 is 1.37 bits per heavy atom. The summed E-state index contributed by atoms with van der Waals surface area (Å²) in [6.07, 6.45) is -0.0402. The number of aliphatic hydroxyl groups excluding tert-OH is 1. The molecule has 102 valence electrons. The monoisotopic (exact) mass is 324 g/mol. The summed E-state index contributed by atoms with van der Waals surface area (Å²) in [5.41, 5.74) is 2.78. The van der Waals surface area contributed by atoms with Crippen LogP contribution >= 0.6 is 15.9 Å². The fraction of sp³-hybridized carbons (Fsp3) is 0.357. The highest BCUT2D eigenvalue weighted by Gasteiger charge is 2.16. The number of halogens is 1. The Morgan fingerprint density at radius 2 is 2.00 bits per heavy atom. The molecule has 5 heteroatoms. The largest absolute Gasteiger partial charge is 0.497 e. The second kappa shape index (κ2) is 5.75. The Morgan fingerprint density at radius 3 is 2.47 bits per heavy atom. The molecule has 1 aromatic carbocycles. The number of aryl methyl sites for hydroxylation is 2. The third kappa shape index (κ3) is 2.98. The maximum absolute atomic E-state index is 10.3. The summed E-state index contributed by atoms with van der Waals surface area (Å²) in [5.74, 6) is 0.786. The van der Waals surface area contributed by atoms with Crippen LogP contribution in [0.4, 0.5) is 0 Å². The lowest BCUT2D eigenvalue weighted by molar-refractivity contribution is 0.175. The van der Waals surface area contributed by atoms with Crippen molar-refractivity contribution in [3.63, 3.8) is 0 Å². The summed E-state index contributed by atoms with van der Waals surface area (Å²) in [5, 5.41) is 14.6. The highest BCUT2D eigenvalue weighted by molar-refractivity contribution is 9.10. The summed E-state index contributed by atoms with van der Waals surface area (Å²) in [7, 11) is 3.51. The van der Waals surface area contributed by atoms with Gasteiger partial charge in [-0.2, -0.15) is 5.10 Å². The van der Waals surface area contributed by atoms with E-state index in [0.717, 1.165) is 27.2 Å². The summed E-state index contributed by atoms with van der Waals surface area (Å²) in [6, 6.07) is 7.45. The van der Waals surface area contributed by atoms with Gasteiger partial charge in [-0.15, -0.1) is 0 Å². The Kier molecular flexibility index (Phi) is 4.27. The molecule has 0 bridgehead atoms. The van der Waals surface area contributed by atoms with Gasteiger partial charge in [0.05, 0.1) is 29.1 Å². The first-order valence-electron chi connectivity index (χ1n) is 6.03. The van der Waals surface area contributed by atoms with E-state index in [1.54, 1.807) is 11.8 Å². The van der Waals surface area contributed by atoms with Crippen LogP contribution < -0.4 is 4.74 Å². The van der Waals surface area contributed by atoms with Crippen LogP contribution in [0.3, 0.4) is 0 Å². The summed E-state index contributed by atoms with van der Waals surface area (Å²) in [4.78, 5) is 0. The van der Waals surface area contributed by atoms with Crippen LogP contribution in [0.5, 0.6) is 5.75 Å². The minimum absolute atomic E-state index is 0.518. The van der Waals surface area contributed by atoms with E-state index in [9.17, 15) is 5.11 Å². The number of aromatic nitrogens is 2. The van der Waals surface area contributed by atoms with Gasteiger partial charge in [0.15, 0.2) is 0 Å². The molecule has 1 heterocycles. The van der Waals surface area contributed by atoms with Crippen molar-refractivity contribution < 1.29 is 9.84 Å². The van der Waals surface area contributed by atoms with Crippen LogP contribution in [-0.4, -0.2) is 22.0 Å². The molecule has 0 spiro atoms. The van der Waals surface area contributed by atoms with E-state index in [1.807, 2.05) is 38.2 Å². The third-order valence-corrected chi connectivity index (χ3v) is 4.18. The molecule has 0 fully saturated rings. The fourth-order valence-electron chi connectivity index (χ4n) is 2.03. The molecule has 1 N–H and O–H groups in total. The number of methoxy groups -OCH3 is 1. The van der Waals surface area contributed by atoms with Crippen molar-refractivity contribution >= 4 is 15.9 Å². The molecule has 0 saturated heterocycles. The van der Waals surface area contributed by atoms with Crippen molar-refractivity contribution in [2.45, 2.75) is 19.4 Å². The van der Waals surface area contributed by atoms with Gasteiger partial charge in [0.2, 0.25) is 0 Å². The molecule has 2 aromatic rings. The molecule has 0 amide bonds. The lowest BCUT2D eigenvalue weighted by Crippen LogP contribution is -2.07. The smallest absolute Gasteiger partial charge is 0.118 e. The number of rotatable bonds is 4. The van der Waals surface area contributed by atoms with Gasteiger partial charge in [-0.3, -0.25) is 4.68 Å². The summed E-state index contributed by atoms with van der Waals surface area (Å²) in [6.45, 7) is 1.94. The van der Waals surface area contributed by atoms with Crippen LogP contribution in [0.25, 0.3) is 0 Å². The van der Waals surface area contributed by atoms with E-state index in [2.05, 4.69) is 21.0 Å². The number of hydrogen-bond acceptors (Lipinski definition) is 3. The molecule has 0 saturated carbocycles. The van der Waals surface area contributed by atoms with Gasteiger partial charge >= 0.3 is 0 Å². The number of aliphatic hydroxyl groups is 1. The highest BCUT2D eigenvalue weighted by atomic mass is 79.9. The highest BCUT2D eigenvalue weighted by Crippen LogP contribution is 2.26. The molecule has 1 aromatic heterocycles. The molecule has 0 aliphatic heterocycles. The molecule has 1 unspecified atom stereocenters. The number of hydrogen-bond donors (Lipinski definition) is 1. The second-order valence-electron chi connectivity index (χ2n) is 4.46. The van der Waals surface area contributed by atoms with Crippen LogP contribution in [0.15, 0.2) is 28.7 Å². The van der Waals surface area contributed by atoms with Crippen LogP contribution in [0, 0.1) is 6.92 Å². The third-order valence-electron chi connectivity index (χ3n) is 3.15. The standard InChI is InChI=1S/C14H17BrN2O2/c1-9-14(15)12(17(2)16-9)8-13(18)10-4-6-11(19-3)7-5-10/h4-7,13,18H,8H2,1-3H3. The maximum atomic E-state index is 10.3. The van der Waals surface area contributed by atoms with Crippen molar-refractivity contribution in [3.05, 3.63) is 45.7 Å². The fourth-order valence-corrected chi connectivity index (χ4v) is 2.53. The molecular weight excluding hydrogens is 308 g/mol. The Hall–Kier alpha value is -1.33. The molecule has 1 atom stereocenters. The van der Waals surface area contributed by atoms with Crippen molar-refractivity contribution in [1.29, 1.82) is 0 Å². The lowest BCUT2D eigenvalue weighted by Gasteiger charge is -2.12. The normalized spacial score (nSPS) is 12.5. The Labute approximate surface area is 121 Å². The minimum Gasteiger partial charge on any atom is -0.497 e. The first-order valence-corrected chi connectivity index (χ1v) is 6.82. The number of ether oxygens (including phenoxy) is 1. The van der Waals surface area contributed by atoms with E-state index >= 15 is 0 Å². The van der Waals surface area contributed by atoms with E-state index in [-0.39, 0.29) is 0 Å². The van der Waals surface area contributed by atoms with Gasteiger partial charge in [-0.1, -0.05) is 12.1 Å². The van der Waals surface area contributed by atoms with E-state index in [1.165, 1.54) is 0 Å². The van der Waals surface area contributed by atoms with Gasteiger partial charge in [-0.25, -0.2) is 0 Å². The summed E-state index contributed by atoms with van der Waals surface area (Å²) >= 11 is 3.51. The van der Waals surface area contributed by atoms with Gasteiger partial charge in [0.25, 0.3) is 0 Å². The topological polar surface area (TPSA) is 47.3 Å². The molecule has 0 radical (unpaired) electrons. The first-order chi connectivity index (χ1) is 9.02. The lowest BCUT2D eigenvalue weighted by atomic mass is 10.0. The molecular formula is C14H17BrN2O2. The molecule has 0 aliphatic carbocycles. The minimum atomic E-state index is -0.558. The summed E-state index contributed by atoms with van der Waals surface area (Å²) < 4.78 is 7.86. The number of nitrogens with zero attached hydrogens (tertiary/aromatic N) is 2. The zero-order valence-corrected chi connectivity index (χ0v) is 12.8. The van der Waals surface area contributed by atoms with Crippen LogP contribution in [-0.2, 0) is 13.5 Å². The predicted octanol–water partition coefficient (Wildman–Crippen LogP) is 2.78. The maximum Gasteiger partial charge on any atom is 0.118 e. The number of benzene rings is 1.